The number of aryl methyl sites for hydroxylation is 4. The third-order valence-electron chi connectivity index (χ3n) is 4.06. The molecule has 2 heteroatoms. The molecule has 1 aromatic carbocycles. The van der Waals surface area contributed by atoms with Crippen molar-refractivity contribution in [2.24, 2.45) is 4.99 Å². The minimum absolute atomic E-state index is 1.04. The normalized spacial score (nSPS) is 16.1. The van der Waals surface area contributed by atoms with E-state index in [4.69, 9.17) is 4.99 Å². The Balaban J connectivity index is 2.31. The van der Waals surface area contributed by atoms with Crippen molar-refractivity contribution >= 4 is 11.3 Å². The van der Waals surface area contributed by atoms with E-state index in [1.54, 1.807) is 0 Å². The summed E-state index contributed by atoms with van der Waals surface area (Å²) in [5.74, 6) is 0. The number of aromatic amines is 1. The smallest absolute Gasteiger partial charge is 0.0732 e. The molecule has 0 fully saturated rings. The lowest BCUT2D eigenvalue weighted by Gasteiger charge is -2.16. The summed E-state index contributed by atoms with van der Waals surface area (Å²) in [6.07, 6.45) is 4.18. The van der Waals surface area contributed by atoms with Crippen LogP contribution in [0.1, 0.15) is 40.6 Å². The first kappa shape index (κ1) is 14.6. The van der Waals surface area contributed by atoms with Gasteiger partial charge >= 0.3 is 0 Å². The summed E-state index contributed by atoms with van der Waals surface area (Å²) < 4.78 is 0. The lowest BCUT2D eigenvalue weighted by molar-refractivity contribution is 1.21. The van der Waals surface area contributed by atoms with Crippen LogP contribution < -0.4 is 0 Å². The zero-order chi connectivity index (χ0) is 15.9. The molecule has 1 aromatic heterocycles. The van der Waals surface area contributed by atoms with Crippen LogP contribution in [-0.4, -0.2) is 10.7 Å². The number of aromatic nitrogens is 1. The first-order chi connectivity index (χ1) is 10.5. The third kappa shape index (κ3) is 2.57. The van der Waals surface area contributed by atoms with Gasteiger partial charge in [-0.15, -0.1) is 0 Å². The number of nitrogens with zero attached hydrogens (tertiary/aromatic N) is 1. The topological polar surface area (TPSA) is 28.1 Å². The van der Waals surface area contributed by atoms with Crippen molar-refractivity contribution < 1.29 is 0 Å². The van der Waals surface area contributed by atoms with Crippen LogP contribution >= 0.6 is 0 Å². The molecule has 22 heavy (non-hydrogen) atoms. The zero-order valence-electron chi connectivity index (χ0n) is 13.9. The van der Waals surface area contributed by atoms with Gasteiger partial charge in [-0.05, 0) is 75.6 Å². The van der Waals surface area contributed by atoms with Crippen molar-refractivity contribution in [3.63, 3.8) is 0 Å². The van der Waals surface area contributed by atoms with Crippen LogP contribution in [0, 0.1) is 27.7 Å². The van der Waals surface area contributed by atoms with Crippen LogP contribution in [0.5, 0.6) is 0 Å². The minimum atomic E-state index is 1.04. The van der Waals surface area contributed by atoms with E-state index in [9.17, 15) is 0 Å². The number of benzene rings is 1. The van der Waals surface area contributed by atoms with Crippen molar-refractivity contribution in [1.82, 2.24) is 4.98 Å². The molecule has 0 atom stereocenters. The number of nitrogens with one attached hydrogen (secondary N) is 1. The molecule has 2 aromatic rings. The molecule has 1 aliphatic rings. The zero-order valence-corrected chi connectivity index (χ0v) is 13.9. The Hall–Kier alpha value is -2.35. The van der Waals surface area contributed by atoms with Gasteiger partial charge in [0.2, 0.25) is 0 Å². The van der Waals surface area contributed by atoms with Gasteiger partial charge < -0.3 is 4.98 Å². The summed E-state index contributed by atoms with van der Waals surface area (Å²) in [5.41, 5.74) is 10.7. The molecule has 1 aliphatic heterocycles. The largest absolute Gasteiger partial charge is 0.359 e. The second-order valence-electron chi connectivity index (χ2n) is 6.18. The Labute approximate surface area is 132 Å². The van der Waals surface area contributed by atoms with E-state index in [0.717, 1.165) is 22.8 Å². The lowest BCUT2D eigenvalue weighted by atomic mass is 9.91. The molecule has 0 unspecified atom stereocenters. The predicted octanol–water partition coefficient (Wildman–Crippen LogP) is 5.04. The highest BCUT2D eigenvalue weighted by molar-refractivity contribution is 5.99. The summed E-state index contributed by atoms with van der Waals surface area (Å²) in [5, 5.41) is 0. The molecular weight excluding hydrogens is 268 g/mol. The molecule has 0 aliphatic carbocycles. The standard InChI is InChI=1S/C20H22N2/c1-12-10-13(2)19(14(3)11-12)20(17-8-6-15(4)21-17)18-9-7-16(5)22-18/h6-11,21H,1-5H3/b20-18-. The molecule has 112 valence electrons. The van der Waals surface area contributed by atoms with Gasteiger partial charge in [0.25, 0.3) is 0 Å². The van der Waals surface area contributed by atoms with Crippen LogP contribution in [0.2, 0.25) is 0 Å². The van der Waals surface area contributed by atoms with Crippen LogP contribution in [-0.2, 0) is 0 Å². The molecule has 2 nitrogen and oxygen atoms in total. The predicted molar refractivity (Wildman–Crippen MR) is 94.5 cm³/mol. The summed E-state index contributed by atoms with van der Waals surface area (Å²) in [7, 11) is 0. The minimum Gasteiger partial charge on any atom is -0.359 e. The Bertz CT molecular complexity index is 806. The van der Waals surface area contributed by atoms with Gasteiger partial charge in [-0.2, -0.15) is 0 Å². The van der Waals surface area contributed by atoms with E-state index < -0.39 is 0 Å². The summed E-state index contributed by atoms with van der Waals surface area (Å²) >= 11 is 0. The first-order valence-corrected chi connectivity index (χ1v) is 7.67. The average Bonchev–Trinajstić information content (AvgIpc) is 3.02. The van der Waals surface area contributed by atoms with Gasteiger partial charge in [0.05, 0.1) is 5.70 Å². The molecule has 0 amide bonds. The van der Waals surface area contributed by atoms with E-state index >= 15 is 0 Å². The molecule has 1 N–H and O–H groups in total. The third-order valence-corrected chi connectivity index (χ3v) is 4.06. The van der Waals surface area contributed by atoms with Crippen molar-refractivity contribution in [3.8, 4) is 0 Å². The van der Waals surface area contributed by atoms with Crippen LogP contribution in [0.15, 0.2) is 47.1 Å². The van der Waals surface area contributed by atoms with Gasteiger partial charge in [-0.3, -0.25) is 4.99 Å². The Morgan fingerprint density at radius 1 is 0.909 bits per heavy atom. The number of rotatable bonds is 2. The summed E-state index contributed by atoms with van der Waals surface area (Å²) in [6, 6.07) is 8.75. The Morgan fingerprint density at radius 2 is 1.59 bits per heavy atom. The fourth-order valence-corrected chi connectivity index (χ4v) is 3.23. The maximum absolute atomic E-state index is 4.72. The van der Waals surface area contributed by atoms with Crippen molar-refractivity contribution in [2.45, 2.75) is 34.6 Å². The van der Waals surface area contributed by atoms with Crippen molar-refractivity contribution in [2.75, 3.05) is 0 Å². The van der Waals surface area contributed by atoms with Gasteiger partial charge in [-0.1, -0.05) is 17.7 Å². The lowest BCUT2D eigenvalue weighted by Crippen LogP contribution is -1.99. The van der Waals surface area contributed by atoms with E-state index in [-0.39, 0.29) is 0 Å². The highest BCUT2D eigenvalue weighted by atomic mass is 14.8. The van der Waals surface area contributed by atoms with Crippen LogP contribution in [0.25, 0.3) is 5.57 Å². The van der Waals surface area contributed by atoms with Gasteiger partial charge in [0.15, 0.2) is 0 Å². The number of hydrogen-bond donors (Lipinski definition) is 1. The molecular formula is C20H22N2. The average molecular weight is 290 g/mol. The maximum atomic E-state index is 4.72. The van der Waals surface area contributed by atoms with E-state index in [0.29, 0.717) is 0 Å². The van der Waals surface area contributed by atoms with E-state index in [1.807, 2.05) is 6.92 Å². The van der Waals surface area contributed by atoms with Crippen molar-refractivity contribution in [1.29, 1.82) is 0 Å². The molecule has 0 bridgehead atoms. The number of aliphatic imine (C=N–C) groups is 1. The highest BCUT2D eigenvalue weighted by Gasteiger charge is 2.18. The monoisotopic (exact) mass is 290 g/mol. The molecule has 0 saturated carbocycles. The maximum Gasteiger partial charge on any atom is 0.0732 e. The molecule has 3 rings (SSSR count). The number of hydrogen-bond acceptors (Lipinski definition) is 1. The Morgan fingerprint density at radius 3 is 2.09 bits per heavy atom. The fourth-order valence-electron chi connectivity index (χ4n) is 3.23. The highest BCUT2D eigenvalue weighted by Crippen LogP contribution is 2.34. The SMILES string of the molecule is CC1=N/C(=C(/c2ccc(C)[nH]2)c2c(C)cc(C)cc2C)C=C1. The quantitative estimate of drug-likeness (QED) is 0.802. The molecule has 2 heterocycles. The van der Waals surface area contributed by atoms with Gasteiger partial charge in [0.1, 0.15) is 0 Å². The van der Waals surface area contributed by atoms with Crippen LogP contribution in [0.4, 0.5) is 0 Å². The summed E-state index contributed by atoms with van der Waals surface area (Å²) in [4.78, 5) is 8.20. The van der Waals surface area contributed by atoms with E-state index in [2.05, 4.69) is 69.1 Å². The van der Waals surface area contributed by atoms with Gasteiger partial charge in [0, 0.05) is 22.7 Å². The van der Waals surface area contributed by atoms with E-state index in [1.165, 1.54) is 27.8 Å². The van der Waals surface area contributed by atoms with Crippen LogP contribution in [0.3, 0.4) is 0 Å². The second kappa shape index (κ2) is 5.45. The number of allylic oxidation sites excluding steroid dienone is 2. The fraction of sp³-hybridized carbons (Fsp3) is 0.250. The second-order valence-corrected chi connectivity index (χ2v) is 6.18. The number of H-pyrrole nitrogens is 1. The Kier molecular flexibility index (Phi) is 3.61. The molecule has 0 radical (unpaired) electrons. The van der Waals surface area contributed by atoms with Gasteiger partial charge in [-0.25, -0.2) is 0 Å². The molecule has 0 saturated heterocycles. The first-order valence-electron chi connectivity index (χ1n) is 7.67. The van der Waals surface area contributed by atoms with Crippen molar-refractivity contribution in [3.05, 3.63) is 75.8 Å². The summed E-state index contributed by atoms with van der Waals surface area (Å²) in [6.45, 7) is 10.6. The molecule has 0 spiro atoms.